The largest absolute Gasteiger partial charge is 0.484 e. The maximum absolute atomic E-state index is 11.8. The number of rotatable bonds is 3. The zero-order chi connectivity index (χ0) is 14.4. The Balaban J connectivity index is 1.74. The van der Waals surface area contributed by atoms with Gasteiger partial charge in [-0.1, -0.05) is 15.9 Å². The van der Waals surface area contributed by atoms with Gasteiger partial charge in [0.25, 0.3) is 5.91 Å². The molecule has 0 aromatic heterocycles. The predicted octanol–water partition coefficient (Wildman–Crippen LogP) is 2.71. The molecule has 1 fully saturated rings. The summed E-state index contributed by atoms with van der Waals surface area (Å²) in [4.78, 5) is 13.8. The maximum atomic E-state index is 11.8. The molecule has 20 heavy (non-hydrogen) atoms. The molecule has 0 aliphatic carbocycles. The highest BCUT2D eigenvalue weighted by Crippen LogP contribution is 2.15. The van der Waals surface area contributed by atoms with Crippen LogP contribution in [0.3, 0.4) is 0 Å². The van der Waals surface area contributed by atoms with Crippen molar-refractivity contribution < 1.29 is 9.53 Å². The standard InChI is InChI=1S/C14H17BrN2O2S/c15-11-4-6-12(7-5-11)19-10-13(18)16-14(20)17-8-2-1-3-9-17/h4-7H,1-3,8-10H2,(H,16,18,20). The molecule has 108 valence electrons. The van der Waals surface area contributed by atoms with Crippen LogP contribution in [0.1, 0.15) is 19.3 Å². The highest BCUT2D eigenvalue weighted by molar-refractivity contribution is 9.10. The molecule has 1 aromatic carbocycles. The average molecular weight is 357 g/mol. The van der Waals surface area contributed by atoms with Gasteiger partial charge in [0.2, 0.25) is 0 Å². The number of hydrogen-bond donors (Lipinski definition) is 1. The minimum atomic E-state index is -0.219. The van der Waals surface area contributed by atoms with Crippen LogP contribution in [0.2, 0.25) is 0 Å². The van der Waals surface area contributed by atoms with Crippen LogP contribution >= 0.6 is 28.1 Å². The van der Waals surface area contributed by atoms with E-state index < -0.39 is 0 Å². The lowest BCUT2D eigenvalue weighted by molar-refractivity contribution is -0.121. The number of amides is 1. The first-order valence-corrected chi connectivity index (χ1v) is 7.82. The van der Waals surface area contributed by atoms with Crippen molar-refractivity contribution in [2.24, 2.45) is 0 Å². The molecule has 0 atom stereocenters. The molecule has 1 saturated heterocycles. The van der Waals surface area contributed by atoms with Gasteiger partial charge in [-0.15, -0.1) is 0 Å². The SMILES string of the molecule is O=C(COc1ccc(Br)cc1)NC(=S)N1CCCCC1. The molecule has 4 nitrogen and oxygen atoms in total. The number of benzene rings is 1. The van der Waals surface area contributed by atoms with Crippen LogP contribution in [-0.2, 0) is 4.79 Å². The molecule has 2 rings (SSSR count). The lowest BCUT2D eigenvalue weighted by atomic mass is 10.1. The molecule has 1 N–H and O–H groups in total. The van der Waals surface area contributed by atoms with E-state index in [1.807, 2.05) is 17.0 Å². The summed E-state index contributed by atoms with van der Waals surface area (Å²) < 4.78 is 6.37. The number of thiocarbonyl (C=S) groups is 1. The zero-order valence-electron chi connectivity index (χ0n) is 11.1. The molecule has 1 heterocycles. The van der Waals surface area contributed by atoms with E-state index in [2.05, 4.69) is 21.2 Å². The van der Waals surface area contributed by atoms with E-state index in [0.717, 1.165) is 30.4 Å². The molecule has 6 heteroatoms. The monoisotopic (exact) mass is 356 g/mol. The number of piperidine rings is 1. The number of carbonyl (C=O) groups excluding carboxylic acids is 1. The third-order valence-electron chi connectivity index (χ3n) is 3.07. The van der Waals surface area contributed by atoms with Gasteiger partial charge in [0, 0.05) is 17.6 Å². The predicted molar refractivity (Wildman–Crippen MR) is 85.8 cm³/mol. The van der Waals surface area contributed by atoms with E-state index >= 15 is 0 Å². The van der Waals surface area contributed by atoms with Gasteiger partial charge in [0.15, 0.2) is 11.7 Å². The summed E-state index contributed by atoms with van der Waals surface area (Å²) in [6.45, 7) is 1.81. The Morgan fingerprint density at radius 2 is 1.90 bits per heavy atom. The van der Waals surface area contributed by atoms with Crippen molar-refractivity contribution in [1.82, 2.24) is 10.2 Å². The van der Waals surface area contributed by atoms with Gasteiger partial charge in [-0.3, -0.25) is 4.79 Å². The molecule has 1 aliphatic heterocycles. The van der Waals surface area contributed by atoms with Gasteiger partial charge in [-0.25, -0.2) is 0 Å². The number of halogens is 1. The van der Waals surface area contributed by atoms with Gasteiger partial charge >= 0.3 is 0 Å². The third-order valence-corrected chi connectivity index (χ3v) is 3.96. The number of hydrogen-bond acceptors (Lipinski definition) is 3. The van der Waals surface area contributed by atoms with Gasteiger partial charge in [0.05, 0.1) is 0 Å². The summed E-state index contributed by atoms with van der Waals surface area (Å²) in [5.74, 6) is 0.440. The van der Waals surface area contributed by atoms with E-state index in [0.29, 0.717) is 10.9 Å². The van der Waals surface area contributed by atoms with Crippen molar-refractivity contribution in [3.05, 3.63) is 28.7 Å². The zero-order valence-corrected chi connectivity index (χ0v) is 13.5. The molecule has 0 saturated carbocycles. The Labute approximate surface area is 132 Å². The maximum Gasteiger partial charge on any atom is 0.264 e. The van der Waals surface area contributed by atoms with Gasteiger partial charge in [0.1, 0.15) is 5.75 Å². The molecular formula is C14H17BrN2O2S. The molecule has 0 unspecified atom stereocenters. The number of nitrogens with zero attached hydrogens (tertiary/aromatic N) is 1. The summed E-state index contributed by atoms with van der Waals surface area (Å²) in [6.07, 6.45) is 3.50. The fourth-order valence-electron chi connectivity index (χ4n) is 2.01. The highest BCUT2D eigenvalue weighted by atomic mass is 79.9. The van der Waals surface area contributed by atoms with Crippen molar-refractivity contribution in [2.75, 3.05) is 19.7 Å². The summed E-state index contributed by atoms with van der Waals surface area (Å²) in [6, 6.07) is 7.35. The Hall–Kier alpha value is -1.14. The molecule has 0 bridgehead atoms. The van der Waals surface area contributed by atoms with Crippen molar-refractivity contribution in [3.63, 3.8) is 0 Å². The number of nitrogens with one attached hydrogen (secondary N) is 1. The second kappa shape index (κ2) is 7.59. The molecule has 1 aliphatic rings. The second-order valence-electron chi connectivity index (χ2n) is 4.64. The smallest absolute Gasteiger partial charge is 0.264 e. The van der Waals surface area contributed by atoms with E-state index in [9.17, 15) is 4.79 Å². The van der Waals surface area contributed by atoms with Crippen LogP contribution in [-0.4, -0.2) is 35.6 Å². The normalized spacial score (nSPS) is 14.8. The Bertz CT molecular complexity index is 473. The first-order valence-electron chi connectivity index (χ1n) is 6.62. The molecule has 1 aromatic rings. The van der Waals surface area contributed by atoms with E-state index in [1.54, 1.807) is 12.1 Å². The summed E-state index contributed by atoms with van der Waals surface area (Å²) >= 11 is 8.58. The summed E-state index contributed by atoms with van der Waals surface area (Å²) in [5, 5.41) is 3.22. The Kier molecular flexibility index (Phi) is 5.79. The highest BCUT2D eigenvalue weighted by Gasteiger charge is 2.15. The summed E-state index contributed by atoms with van der Waals surface area (Å²) in [5.41, 5.74) is 0. The first-order chi connectivity index (χ1) is 9.65. The fraction of sp³-hybridized carbons (Fsp3) is 0.429. The molecule has 1 amide bonds. The number of likely N-dealkylation sites (tertiary alicyclic amines) is 1. The van der Waals surface area contributed by atoms with Crippen LogP contribution < -0.4 is 10.1 Å². The van der Waals surface area contributed by atoms with Crippen molar-refractivity contribution in [1.29, 1.82) is 0 Å². The minimum Gasteiger partial charge on any atom is -0.484 e. The van der Waals surface area contributed by atoms with E-state index in [1.165, 1.54) is 6.42 Å². The second-order valence-corrected chi connectivity index (χ2v) is 5.95. The van der Waals surface area contributed by atoms with Crippen LogP contribution in [0.4, 0.5) is 0 Å². The van der Waals surface area contributed by atoms with Gasteiger partial charge in [-0.2, -0.15) is 0 Å². The van der Waals surface area contributed by atoms with Crippen LogP contribution in [0, 0.1) is 0 Å². The quantitative estimate of drug-likeness (QED) is 0.845. The van der Waals surface area contributed by atoms with E-state index in [-0.39, 0.29) is 12.5 Å². The average Bonchev–Trinajstić information content (AvgIpc) is 2.47. The fourth-order valence-corrected chi connectivity index (χ4v) is 2.57. The topological polar surface area (TPSA) is 41.6 Å². The lowest BCUT2D eigenvalue weighted by Gasteiger charge is -2.28. The van der Waals surface area contributed by atoms with Crippen LogP contribution in [0.25, 0.3) is 0 Å². The van der Waals surface area contributed by atoms with Crippen molar-refractivity contribution in [3.8, 4) is 5.75 Å². The van der Waals surface area contributed by atoms with Crippen LogP contribution in [0.5, 0.6) is 5.75 Å². The summed E-state index contributed by atoms with van der Waals surface area (Å²) in [7, 11) is 0. The Morgan fingerprint density at radius 1 is 1.25 bits per heavy atom. The Morgan fingerprint density at radius 3 is 2.55 bits per heavy atom. The van der Waals surface area contributed by atoms with Crippen LogP contribution in [0.15, 0.2) is 28.7 Å². The van der Waals surface area contributed by atoms with Crippen molar-refractivity contribution in [2.45, 2.75) is 19.3 Å². The number of ether oxygens (including phenoxy) is 1. The first kappa shape index (κ1) is 15.3. The molecule has 0 radical (unpaired) electrons. The lowest BCUT2D eigenvalue weighted by Crippen LogP contribution is -2.46. The van der Waals surface area contributed by atoms with Gasteiger partial charge < -0.3 is 15.0 Å². The third kappa shape index (κ3) is 4.76. The number of carbonyl (C=O) groups is 1. The van der Waals surface area contributed by atoms with Gasteiger partial charge in [-0.05, 0) is 55.7 Å². The molecular weight excluding hydrogens is 340 g/mol. The van der Waals surface area contributed by atoms with E-state index in [4.69, 9.17) is 17.0 Å². The van der Waals surface area contributed by atoms with Crippen molar-refractivity contribution >= 4 is 39.2 Å². The molecule has 0 spiro atoms. The minimum absolute atomic E-state index is 0.0321.